The molecule has 1 aromatic rings. The number of aromatic nitrogens is 1. The van der Waals surface area contributed by atoms with Crippen LogP contribution in [0.25, 0.3) is 0 Å². The van der Waals surface area contributed by atoms with Gasteiger partial charge in [0.05, 0.1) is 10.2 Å². The number of nitrogens with one attached hydrogen (secondary N) is 1. The maximum Gasteiger partial charge on any atom is 0.0590 e. The average molecular weight is 241 g/mol. The van der Waals surface area contributed by atoms with Gasteiger partial charge in [0.15, 0.2) is 0 Å². The summed E-state index contributed by atoms with van der Waals surface area (Å²) < 4.78 is 1.05. The average Bonchev–Trinajstić information content (AvgIpc) is 2.05. The van der Waals surface area contributed by atoms with E-state index in [4.69, 9.17) is 0 Å². The molecule has 1 N–H and O–H groups in total. The van der Waals surface area contributed by atoms with E-state index in [0.29, 0.717) is 0 Å². The van der Waals surface area contributed by atoms with Crippen LogP contribution in [0, 0.1) is 5.92 Å². The predicted molar refractivity (Wildman–Crippen MR) is 57.8 cm³/mol. The molecule has 0 radical (unpaired) electrons. The van der Waals surface area contributed by atoms with Crippen molar-refractivity contribution in [3.8, 4) is 0 Å². The SMILES string of the molecule is Brc1cnccc1NCC1CCC1. The summed E-state index contributed by atoms with van der Waals surface area (Å²) in [5.74, 6) is 0.889. The van der Waals surface area contributed by atoms with E-state index < -0.39 is 0 Å². The van der Waals surface area contributed by atoms with Crippen LogP contribution in [0.2, 0.25) is 0 Å². The first-order valence-electron chi connectivity index (χ1n) is 4.69. The molecule has 1 aliphatic rings. The molecule has 1 fully saturated rings. The first kappa shape index (κ1) is 9.00. The molecule has 1 aromatic heterocycles. The highest BCUT2D eigenvalue weighted by atomic mass is 79.9. The Kier molecular flexibility index (Phi) is 2.83. The van der Waals surface area contributed by atoms with E-state index >= 15 is 0 Å². The molecule has 3 heteroatoms. The quantitative estimate of drug-likeness (QED) is 0.879. The third-order valence-electron chi connectivity index (χ3n) is 2.58. The highest BCUT2D eigenvalue weighted by Gasteiger charge is 2.16. The summed E-state index contributed by atoms with van der Waals surface area (Å²) in [6, 6.07) is 2.00. The Balaban J connectivity index is 1.89. The summed E-state index contributed by atoms with van der Waals surface area (Å²) in [5, 5.41) is 3.43. The highest BCUT2D eigenvalue weighted by molar-refractivity contribution is 9.10. The van der Waals surface area contributed by atoms with Gasteiger partial charge in [0.25, 0.3) is 0 Å². The van der Waals surface area contributed by atoms with Crippen molar-refractivity contribution >= 4 is 21.6 Å². The van der Waals surface area contributed by atoms with Crippen LogP contribution in [0.5, 0.6) is 0 Å². The number of pyridine rings is 1. The number of anilines is 1. The second kappa shape index (κ2) is 4.09. The Morgan fingerprint density at radius 2 is 2.38 bits per heavy atom. The van der Waals surface area contributed by atoms with Gasteiger partial charge in [0.2, 0.25) is 0 Å². The molecule has 0 saturated heterocycles. The summed E-state index contributed by atoms with van der Waals surface area (Å²) >= 11 is 3.46. The minimum Gasteiger partial charge on any atom is -0.384 e. The second-order valence-electron chi connectivity index (χ2n) is 3.53. The Hall–Kier alpha value is -0.570. The van der Waals surface area contributed by atoms with Crippen molar-refractivity contribution in [3.63, 3.8) is 0 Å². The maximum atomic E-state index is 4.02. The largest absolute Gasteiger partial charge is 0.384 e. The van der Waals surface area contributed by atoms with Gasteiger partial charge in [-0.3, -0.25) is 4.98 Å². The molecule has 1 saturated carbocycles. The van der Waals surface area contributed by atoms with E-state index in [1.807, 2.05) is 18.5 Å². The van der Waals surface area contributed by atoms with Gasteiger partial charge < -0.3 is 5.32 Å². The molecule has 1 heterocycles. The van der Waals surface area contributed by atoms with Crippen LogP contribution >= 0.6 is 15.9 Å². The highest BCUT2D eigenvalue weighted by Crippen LogP contribution is 2.27. The number of halogens is 1. The number of rotatable bonds is 3. The van der Waals surface area contributed by atoms with Crippen LogP contribution in [0.4, 0.5) is 5.69 Å². The zero-order chi connectivity index (χ0) is 9.10. The van der Waals surface area contributed by atoms with Gasteiger partial charge in [-0.05, 0) is 40.8 Å². The Morgan fingerprint density at radius 1 is 1.54 bits per heavy atom. The minimum absolute atomic E-state index is 0.889. The molecule has 0 amide bonds. The predicted octanol–water partition coefficient (Wildman–Crippen LogP) is 3.06. The molecule has 13 heavy (non-hydrogen) atoms. The third-order valence-corrected chi connectivity index (χ3v) is 3.21. The van der Waals surface area contributed by atoms with E-state index in [0.717, 1.165) is 22.6 Å². The first-order valence-corrected chi connectivity index (χ1v) is 5.49. The van der Waals surface area contributed by atoms with Gasteiger partial charge in [0.1, 0.15) is 0 Å². The smallest absolute Gasteiger partial charge is 0.0590 e. The van der Waals surface area contributed by atoms with Gasteiger partial charge in [-0.1, -0.05) is 6.42 Å². The monoisotopic (exact) mass is 240 g/mol. The standard InChI is InChI=1S/C10H13BrN2/c11-9-7-12-5-4-10(9)13-6-8-2-1-3-8/h4-5,7-8H,1-3,6H2,(H,12,13). The van der Waals surface area contributed by atoms with Gasteiger partial charge in [-0.15, -0.1) is 0 Å². The fraction of sp³-hybridized carbons (Fsp3) is 0.500. The maximum absolute atomic E-state index is 4.02. The van der Waals surface area contributed by atoms with Crippen molar-refractivity contribution in [1.82, 2.24) is 4.98 Å². The normalized spacial score (nSPS) is 16.7. The Morgan fingerprint density at radius 3 is 3.00 bits per heavy atom. The van der Waals surface area contributed by atoms with Crippen LogP contribution in [0.15, 0.2) is 22.9 Å². The van der Waals surface area contributed by atoms with Crippen LogP contribution < -0.4 is 5.32 Å². The number of nitrogens with zero attached hydrogens (tertiary/aromatic N) is 1. The zero-order valence-electron chi connectivity index (χ0n) is 7.46. The number of hydrogen-bond acceptors (Lipinski definition) is 2. The van der Waals surface area contributed by atoms with Crippen molar-refractivity contribution < 1.29 is 0 Å². The molecule has 2 nitrogen and oxygen atoms in total. The number of hydrogen-bond donors (Lipinski definition) is 1. The lowest BCUT2D eigenvalue weighted by Crippen LogP contribution is -2.20. The lowest BCUT2D eigenvalue weighted by molar-refractivity contribution is 0.333. The van der Waals surface area contributed by atoms with E-state index in [-0.39, 0.29) is 0 Å². The first-order chi connectivity index (χ1) is 6.36. The van der Waals surface area contributed by atoms with Crippen LogP contribution in [-0.4, -0.2) is 11.5 Å². The fourth-order valence-corrected chi connectivity index (χ4v) is 1.86. The molecule has 0 atom stereocenters. The Labute approximate surface area is 86.9 Å². The molecule has 0 aliphatic heterocycles. The summed E-state index contributed by atoms with van der Waals surface area (Å²) in [5.41, 5.74) is 1.15. The van der Waals surface area contributed by atoms with Crippen molar-refractivity contribution in [2.75, 3.05) is 11.9 Å². The molecule has 1 aliphatic carbocycles. The molecular weight excluding hydrogens is 228 g/mol. The van der Waals surface area contributed by atoms with E-state index in [2.05, 4.69) is 26.2 Å². The molecule has 70 valence electrons. The van der Waals surface area contributed by atoms with Crippen molar-refractivity contribution in [2.45, 2.75) is 19.3 Å². The van der Waals surface area contributed by atoms with Gasteiger partial charge in [0, 0.05) is 18.9 Å². The van der Waals surface area contributed by atoms with Crippen molar-refractivity contribution in [3.05, 3.63) is 22.9 Å². The van der Waals surface area contributed by atoms with Crippen molar-refractivity contribution in [2.24, 2.45) is 5.92 Å². The van der Waals surface area contributed by atoms with Crippen LogP contribution in [-0.2, 0) is 0 Å². The minimum atomic E-state index is 0.889. The topological polar surface area (TPSA) is 24.9 Å². The van der Waals surface area contributed by atoms with E-state index in [9.17, 15) is 0 Å². The summed E-state index contributed by atoms with van der Waals surface area (Å²) in [7, 11) is 0. The van der Waals surface area contributed by atoms with Crippen LogP contribution in [0.1, 0.15) is 19.3 Å². The van der Waals surface area contributed by atoms with Gasteiger partial charge in [-0.25, -0.2) is 0 Å². The van der Waals surface area contributed by atoms with Crippen molar-refractivity contribution in [1.29, 1.82) is 0 Å². The summed E-state index contributed by atoms with van der Waals surface area (Å²) in [4.78, 5) is 4.02. The summed E-state index contributed by atoms with van der Waals surface area (Å²) in [6.07, 6.45) is 7.81. The second-order valence-corrected chi connectivity index (χ2v) is 4.39. The third kappa shape index (κ3) is 2.21. The fourth-order valence-electron chi connectivity index (χ4n) is 1.47. The Bertz CT molecular complexity index is 284. The van der Waals surface area contributed by atoms with Gasteiger partial charge in [-0.2, -0.15) is 0 Å². The molecule has 0 spiro atoms. The molecular formula is C10H13BrN2. The lowest BCUT2D eigenvalue weighted by atomic mass is 9.85. The van der Waals surface area contributed by atoms with E-state index in [1.54, 1.807) is 0 Å². The van der Waals surface area contributed by atoms with E-state index in [1.165, 1.54) is 19.3 Å². The molecule has 0 bridgehead atoms. The summed E-state index contributed by atoms with van der Waals surface area (Å²) in [6.45, 7) is 1.10. The van der Waals surface area contributed by atoms with Gasteiger partial charge >= 0.3 is 0 Å². The zero-order valence-corrected chi connectivity index (χ0v) is 9.05. The molecule has 2 rings (SSSR count). The lowest BCUT2D eigenvalue weighted by Gasteiger charge is -2.26. The van der Waals surface area contributed by atoms with Crippen LogP contribution in [0.3, 0.4) is 0 Å². The molecule has 0 aromatic carbocycles. The molecule has 0 unspecified atom stereocenters.